The van der Waals surface area contributed by atoms with Crippen LogP contribution < -0.4 is 20.4 Å². The number of hydrogen-bond donors (Lipinski definition) is 1. The van der Waals surface area contributed by atoms with Crippen LogP contribution in [0.3, 0.4) is 0 Å². The Morgan fingerprint density at radius 1 is 0.293 bits per heavy atom. The van der Waals surface area contributed by atoms with Gasteiger partial charge in [0, 0.05) is 70.4 Å². The molecule has 0 saturated carbocycles. The van der Waals surface area contributed by atoms with E-state index in [4.69, 9.17) is 10.7 Å². The molecule has 0 spiro atoms. The molecule has 2 aromatic heterocycles. The molecule has 12 rings (SSSR count). The van der Waals surface area contributed by atoms with E-state index in [9.17, 15) is 0 Å². The number of nitrogen functional groups attached to an aromatic ring is 1. The average Bonchev–Trinajstić information content (AvgIpc) is 3.49. The van der Waals surface area contributed by atoms with Gasteiger partial charge >= 0.3 is 0 Å². The molecule has 12 aromatic rings. The van der Waals surface area contributed by atoms with Gasteiger partial charge in [-0.3, -0.25) is 0 Å². The van der Waals surface area contributed by atoms with E-state index in [1.54, 1.807) is 6.20 Å². The molecule has 10 aromatic carbocycles. The normalized spacial score (nSPS) is 10.8. The van der Waals surface area contributed by atoms with Crippen molar-refractivity contribution in [3.63, 3.8) is 0 Å². The fourth-order valence-electron chi connectivity index (χ4n) is 9.18. The summed E-state index contributed by atoms with van der Waals surface area (Å²) in [4.78, 5) is 24.3. The van der Waals surface area contributed by atoms with E-state index in [1.807, 2.05) is 54.5 Å². The van der Waals surface area contributed by atoms with Crippen molar-refractivity contribution in [3.8, 4) is 44.8 Å². The molecule has 0 atom stereocenters. The Hall–Kier alpha value is -10.2. The zero-order valence-electron chi connectivity index (χ0n) is 41.3. The Balaban J connectivity index is 0.000000168. The lowest BCUT2D eigenvalue weighted by Crippen LogP contribution is -2.13. The third-order valence-electron chi connectivity index (χ3n) is 13.1. The minimum absolute atomic E-state index is 0.281. The van der Waals surface area contributed by atoms with Crippen LogP contribution in [0, 0.1) is 0 Å². The first-order chi connectivity index (χ1) is 37.0. The molecule has 8 nitrogen and oxygen atoms in total. The van der Waals surface area contributed by atoms with Crippen molar-refractivity contribution in [2.75, 3.05) is 27.5 Å². The number of aromatic nitrogens is 4. The number of anilines is 9. The van der Waals surface area contributed by atoms with Gasteiger partial charge in [-0.15, -0.1) is 0 Å². The number of nitrogens with two attached hydrogens (primary N) is 1. The quantitative estimate of drug-likeness (QED) is 0.130. The van der Waals surface area contributed by atoms with E-state index in [-0.39, 0.29) is 5.95 Å². The summed E-state index contributed by atoms with van der Waals surface area (Å²) in [5, 5.41) is 2.41. The highest BCUT2D eigenvalue weighted by Gasteiger charge is 2.15. The predicted octanol–water partition coefficient (Wildman–Crippen LogP) is 17.1. The Morgan fingerprint density at radius 3 is 1.05 bits per heavy atom. The van der Waals surface area contributed by atoms with E-state index in [2.05, 4.69) is 261 Å². The first-order valence-electron chi connectivity index (χ1n) is 24.9. The van der Waals surface area contributed by atoms with Crippen LogP contribution in [0.2, 0.25) is 0 Å². The molecule has 360 valence electrons. The van der Waals surface area contributed by atoms with Crippen LogP contribution in [-0.2, 0) is 0 Å². The smallest absolute Gasteiger partial charge is 0.230 e. The van der Waals surface area contributed by atoms with Crippen LogP contribution in [-0.4, -0.2) is 27.0 Å². The van der Waals surface area contributed by atoms with Gasteiger partial charge in [0.15, 0.2) is 0 Å². The SMILES string of the molecule is CN(c1ccc2ccccc2c1)c1nccc(-c2ccc(-c3ccc(N(c4ccccc4)c4ccccc4)cc3)cc2)n1.Nc1nccc(-c2ccc(-c3ccc(N(c4ccccc4)c4ccccc4)cc3)cc2)n1. The summed E-state index contributed by atoms with van der Waals surface area (Å²) in [5.74, 6) is 0.942. The maximum atomic E-state index is 5.71. The summed E-state index contributed by atoms with van der Waals surface area (Å²) in [6.07, 6.45) is 3.50. The highest BCUT2D eigenvalue weighted by Crippen LogP contribution is 2.38. The van der Waals surface area contributed by atoms with Crippen molar-refractivity contribution in [1.29, 1.82) is 0 Å². The minimum Gasteiger partial charge on any atom is -0.368 e. The lowest BCUT2D eigenvalue weighted by Gasteiger charge is -2.25. The summed E-state index contributed by atoms with van der Waals surface area (Å²) in [5.41, 5.74) is 21.9. The maximum absolute atomic E-state index is 5.71. The second kappa shape index (κ2) is 22.1. The fraction of sp³-hybridized carbons (Fsp3) is 0.0149. The molecule has 0 bridgehead atoms. The molecule has 0 aliphatic rings. The molecule has 2 N–H and O–H groups in total. The van der Waals surface area contributed by atoms with Gasteiger partial charge in [0.05, 0.1) is 11.4 Å². The van der Waals surface area contributed by atoms with Gasteiger partial charge in [-0.25, -0.2) is 19.9 Å². The molecular weight excluding hydrogens is 917 g/mol. The number of para-hydroxylation sites is 4. The first kappa shape index (κ1) is 47.2. The molecule has 0 radical (unpaired) electrons. The van der Waals surface area contributed by atoms with Crippen molar-refractivity contribution in [3.05, 3.63) is 285 Å². The molecule has 8 heteroatoms. The zero-order chi connectivity index (χ0) is 50.8. The van der Waals surface area contributed by atoms with Crippen LogP contribution >= 0.6 is 0 Å². The van der Waals surface area contributed by atoms with E-state index >= 15 is 0 Å². The molecule has 0 saturated heterocycles. The zero-order valence-corrected chi connectivity index (χ0v) is 41.3. The Kier molecular flexibility index (Phi) is 13.9. The van der Waals surface area contributed by atoms with Gasteiger partial charge in [0.25, 0.3) is 0 Å². The number of fused-ring (bicyclic) bond motifs is 1. The average molecular weight is 969 g/mol. The summed E-state index contributed by atoms with van der Waals surface area (Å²) in [7, 11) is 2.01. The summed E-state index contributed by atoms with van der Waals surface area (Å²) in [6.45, 7) is 0. The second-order valence-electron chi connectivity index (χ2n) is 17.9. The monoisotopic (exact) mass is 968 g/mol. The van der Waals surface area contributed by atoms with Crippen molar-refractivity contribution in [1.82, 2.24) is 19.9 Å². The fourth-order valence-corrected chi connectivity index (χ4v) is 9.18. The Labute approximate surface area is 438 Å². The molecular formula is C67H52N8. The topological polar surface area (TPSA) is 87.3 Å². The maximum Gasteiger partial charge on any atom is 0.230 e. The lowest BCUT2D eigenvalue weighted by molar-refractivity contribution is 1.05. The van der Waals surface area contributed by atoms with E-state index < -0.39 is 0 Å². The highest BCUT2D eigenvalue weighted by molar-refractivity contribution is 5.87. The number of nitrogens with zero attached hydrogens (tertiary/aromatic N) is 7. The van der Waals surface area contributed by atoms with Crippen LogP contribution in [0.1, 0.15) is 0 Å². The van der Waals surface area contributed by atoms with Crippen molar-refractivity contribution >= 4 is 62.5 Å². The summed E-state index contributed by atoms with van der Waals surface area (Å²) < 4.78 is 0. The highest BCUT2D eigenvalue weighted by atomic mass is 15.2. The van der Waals surface area contributed by atoms with Crippen LogP contribution in [0.5, 0.6) is 0 Å². The van der Waals surface area contributed by atoms with Gasteiger partial charge in [-0.2, -0.15) is 0 Å². The molecule has 0 amide bonds. The van der Waals surface area contributed by atoms with Crippen LogP contribution in [0.25, 0.3) is 55.5 Å². The number of rotatable bonds is 12. The van der Waals surface area contributed by atoms with Gasteiger partial charge in [-0.05, 0) is 130 Å². The standard InChI is InChI=1S/C39H30N4.C28H22N4/c1-42(37-25-22-29-10-8-9-11-33(29)28-37)39-40-27-26-38(41-39)32-18-16-30(17-19-32)31-20-23-36(24-21-31)43(34-12-4-2-5-13-34)35-14-6-3-7-15-35;29-28-30-20-19-27(31-28)23-13-11-21(12-14-23)22-15-17-26(18-16-22)32(24-7-3-1-4-8-24)25-9-5-2-6-10-25/h2-28H,1H3;1-20H,(H2,29,30,31). The molecule has 0 aliphatic heterocycles. The Bertz CT molecular complexity index is 3690. The van der Waals surface area contributed by atoms with Crippen LogP contribution in [0.4, 0.5) is 51.7 Å². The largest absolute Gasteiger partial charge is 0.368 e. The third-order valence-corrected chi connectivity index (χ3v) is 13.1. The third kappa shape index (κ3) is 10.9. The predicted molar refractivity (Wildman–Crippen MR) is 312 cm³/mol. The Morgan fingerprint density at radius 2 is 0.627 bits per heavy atom. The van der Waals surface area contributed by atoms with Gasteiger partial charge in [0.2, 0.25) is 11.9 Å². The molecule has 0 unspecified atom stereocenters. The van der Waals surface area contributed by atoms with Gasteiger partial charge < -0.3 is 20.4 Å². The number of hydrogen-bond acceptors (Lipinski definition) is 8. The summed E-state index contributed by atoms with van der Waals surface area (Å²) in [6, 6.07) is 94.6. The molecule has 0 aliphatic carbocycles. The second-order valence-corrected chi connectivity index (χ2v) is 17.9. The first-order valence-corrected chi connectivity index (χ1v) is 24.9. The van der Waals surface area contributed by atoms with Crippen molar-refractivity contribution in [2.45, 2.75) is 0 Å². The molecule has 2 heterocycles. The van der Waals surface area contributed by atoms with Crippen molar-refractivity contribution in [2.24, 2.45) is 0 Å². The van der Waals surface area contributed by atoms with Crippen LogP contribution in [0.15, 0.2) is 285 Å². The summed E-state index contributed by atoms with van der Waals surface area (Å²) >= 11 is 0. The molecule has 75 heavy (non-hydrogen) atoms. The lowest BCUT2D eigenvalue weighted by atomic mass is 10.0. The number of benzene rings is 10. The van der Waals surface area contributed by atoms with Gasteiger partial charge in [0.1, 0.15) is 0 Å². The van der Waals surface area contributed by atoms with E-state index in [0.29, 0.717) is 5.95 Å². The van der Waals surface area contributed by atoms with E-state index in [1.165, 1.54) is 10.8 Å². The van der Waals surface area contributed by atoms with E-state index in [0.717, 1.165) is 84.6 Å². The van der Waals surface area contributed by atoms with Gasteiger partial charge in [-0.1, -0.05) is 176 Å². The van der Waals surface area contributed by atoms with Crippen molar-refractivity contribution < 1.29 is 0 Å². The molecule has 0 fully saturated rings. The minimum atomic E-state index is 0.281.